The van der Waals surface area contributed by atoms with Gasteiger partial charge in [-0.2, -0.15) is 0 Å². The average molecular weight is 337 g/mol. The summed E-state index contributed by atoms with van der Waals surface area (Å²) in [5.41, 5.74) is 1.88. The van der Waals surface area contributed by atoms with E-state index in [0.29, 0.717) is 38.9 Å². The zero-order valence-electron chi connectivity index (χ0n) is 14.2. The third-order valence-electron chi connectivity index (χ3n) is 4.59. The Labute approximate surface area is 148 Å². The van der Waals surface area contributed by atoms with Gasteiger partial charge in [0.1, 0.15) is 0 Å². The molecule has 1 saturated heterocycles. The van der Waals surface area contributed by atoms with Crippen LogP contribution in [0.5, 0.6) is 0 Å². The van der Waals surface area contributed by atoms with Crippen molar-refractivity contribution in [2.45, 2.75) is 25.8 Å². The molecule has 1 aliphatic heterocycles. The summed E-state index contributed by atoms with van der Waals surface area (Å²) in [6.45, 7) is 1.74. The molecule has 1 aliphatic rings. The highest BCUT2D eigenvalue weighted by Crippen LogP contribution is 2.18. The number of hydrogen-bond donors (Lipinski definition) is 1. The number of amides is 2. The molecule has 130 valence electrons. The van der Waals surface area contributed by atoms with Gasteiger partial charge in [-0.15, -0.1) is 0 Å². The number of carbonyl (C=O) groups is 2. The standard InChI is InChI=1S/C20H23N3O2/c24-19(14-16-6-2-1-3-7-16)23-12-9-17(10-13-23)20(25)22-15-18-8-4-5-11-21-18/h1-8,11,17H,9-10,12-15H2,(H,22,25). The topological polar surface area (TPSA) is 62.3 Å². The van der Waals surface area contributed by atoms with Gasteiger partial charge in [0.2, 0.25) is 11.8 Å². The fraction of sp³-hybridized carbons (Fsp3) is 0.350. The van der Waals surface area contributed by atoms with Gasteiger partial charge >= 0.3 is 0 Å². The average Bonchev–Trinajstić information content (AvgIpc) is 2.68. The first-order chi connectivity index (χ1) is 12.2. The van der Waals surface area contributed by atoms with Gasteiger partial charge in [-0.1, -0.05) is 36.4 Å². The molecule has 0 radical (unpaired) electrons. The number of piperidine rings is 1. The van der Waals surface area contributed by atoms with Crippen LogP contribution >= 0.6 is 0 Å². The van der Waals surface area contributed by atoms with Crippen LogP contribution in [0.4, 0.5) is 0 Å². The quantitative estimate of drug-likeness (QED) is 0.910. The van der Waals surface area contributed by atoms with Gasteiger partial charge in [0.25, 0.3) is 0 Å². The SMILES string of the molecule is O=C(NCc1ccccn1)C1CCN(C(=O)Cc2ccccc2)CC1. The molecule has 5 heteroatoms. The minimum Gasteiger partial charge on any atom is -0.350 e. The molecule has 1 aromatic carbocycles. The number of hydrogen-bond acceptors (Lipinski definition) is 3. The van der Waals surface area contributed by atoms with E-state index in [1.165, 1.54) is 0 Å². The van der Waals surface area contributed by atoms with Crippen LogP contribution in [0.1, 0.15) is 24.1 Å². The van der Waals surface area contributed by atoms with E-state index in [-0.39, 0.29) is 17.7 Å². The van der Waals surface area contributed by atoms with Crippen molar-refractivity contribution >= 4 is 11.8 Å². The van der Waals surface area contributed by atoms with Gasteiger partial charge in [-0.05, 0) is 30.5 Å². The lowest BCUT2D eigenvalue weighted by Gasteiger charge is -2.31. The molecule has 1 fully saturated rings. The Morgan fingerprint density at radius 3 is 2.44 bits per heavy atom. The lowest BCUT2D eigenvalue weighted by atomic mass is 9.95. The van der Waals surface area contributed by atoms with E-state index in [1.54, 1.807) is 6.20 Å². The van der Waals surface area contributed by atoms with E-state index in [2.05, 4.69) is 10.3 Å². The molecule has 2 amide bonds. The van der Waals surface area contributed by atoms with E-state index in [4.69, 9.17) is 0 Å². The van der Waals surface area contributed by atoms with Crippen LogP contribution < -0.4 is 5.32 Å². The third kappa shape index (κ3) is 4.89. The Hall–Kier alpha value is -2.69. The van der Waals surface area contributed by atoms with E-state index in [0.717, 1.165) is 11.3 Å². The zero-order chi connectivity index (χ0) is 17.5. The highest BCUT2D eigenvalue weighted by Gasteiger charge is 2.27. The Kier molecular flexibility index (Phi) is 5.77. The number of nitrogens with zero attached hydrogens (tertiary/aromatic N) is 2. The van der Waals surface area contributed by atoms with Crippen LogP contribution in [-0.4, -0.2) is 34.8 Å². The van der Waals surface area contributed by atoms with E-state index >= 15 is 0 Å². The second-order valence-electron chi connectivity index (χ2n) is 6.36. The van der Waals surface area contributed by atoms with Crippen molar-refractivity contribution in [3.05, 3.63) is 66.0 Å². The summed E-state index contributed by atoms with van der Waals surface area (Å²) in [5, 5.41) is 2.95. The predicted molar refractivity (Wildman–Crippen MR) is 95.5 cm³/mol. The van der Waals surface area contributed by atoms with Gasteiger partial charge in [0, 0.05) is 25.2 Å². The van der Waals surface area contributed by atoms with Crippen molar-refractivity contribution in [2.24, 2.45) is 5.92 Å². The Bertz CT molecular complexity index is 695. The minimum absolute atomic E-state index is 0.0236. The first-order valence-corrected chi connectivity index (χ1v) is 8.71. The highest BCUT2D eigenvalue weighted by atomic mass is 16.2. The second kappa shape index (κ2) is 8.42. The minimum atomic E-state index is -0.0236. The van der Waals surface area contributed by atoms with Crippen molar-refractivity contribution in [2.75, 3.05) is 13.1 Å². The molecule has 1 aromatic heterocycles. The van der Waals surface area contributed by atoms with Crippen LogP contribution in [0.25, 0.3) is 0 Å². The molecule has 0 bridgehead atoms. The molecule has 0 saturated carbocycles. The molecule has 5 nitrogen and oxygen atoms in total. The summed E-state index contributed by atoms with van der Waals surface area (Å²) in [6.07, 6.45) is 3.58. The Balaban J connectivity index is 1.43. The van der Waals surface area contributed by atoms with Crippen molar-refractivity contribution in [3.8, 4) is 0 Å². The van der Waals surface area contributed by atoms with Gasteiger partial charge in [0.15, 0.2) is 0 Å². The highest BCUT2D eigenvalue weighted by molar-refractivity contribution is 5.81. The molecule has 0 atom stereocenters. The molecular weight excluding hydrogens is 314 g/mol. The van der Waals surface area contributed by atoms with Crippen LogP contribution in [0.2, 0.25) is 0 Å². The lowest BCUT2D eigenvalue weighted by molar-refractivity contribution is -0.135. The largest absolute Gasteiger partial charge is 0.350 e. The van der Waals surface area contributed by atoms with Gasteiger partial charge in [-0.3, -0.25) is 14.6 Å². The molecule has 2 aromatic rings. The van der Waals surface area contributed by atoms with Crippen LogP contribution in [0.15, 0.2) is 54.7 Å². The number of benzene rings is 1. The lowest BCUT2D eigenvalue weighted by Crippen LogP contribution is -2.43. The number of likely N-dealkylation sites (tertiary alicyclic amines) is 1. The van der Waals surface area contributed by atoms with Gasteiger partial charge in [-0.25, -0.2) is 0 Å². The third-order valence-corrected chi connectivity index (χ3v) is 4.59. The van der Waals surface area contributed by atoms with Gasteiger partial charge < -0.3 is 10.2 Å². The van der Waals surface area contributed by atoms with Crippen molar-refractivity contribution in [3.63, 3.8) is 0 Å². The molecule has 2 heterocycles. The summed E-state index contributed by atoms with van der Waals surface area (Å²) in [7, 11) is 0. The predicted octanol–water partition coefficient (Wildman–Crippen LogP) is 2.18. The first kappa shape index (κ1) is 17.1. The van der Waals surface area contributed by atoms with Crippen LogP contribution in [-0.2, 0) is 22.6 Å². The summed E-state index contributed by atoms with van der Waals surface area (Å²) >= 11 is 0. The smallest absolute Gasteiger partial charge is 0.226 e. The maximum Gasteiger partial charge on any atom is 0.226 e. The molecule has 1 N–H and O–H groups in total. The summed E-state index contributed by atoms with van der Waals surface area (Å²) in [4.78, 5) is 30.7. The second-order valence-corrected chi connectivity index (χ2v) is 6.36. The van der Waals surface area contributed by atoms with Gasteiger partial charge in [0.05, 0.1) is 18.7 Å². The number of aromatic nitrogens is 1. The molecular formula is C20H23N3O2. The summed E-state index contributed by atoms with van der Waals surface area (Å²) in [6, 6.07) is 15.4. The normalized spacial score (nSPS) is 15.0. The van der Waals surface area contributed by atoms with E-state index in [1.807, 2.05) is 53.4 Å². The first-order valence-electron chi connectivity index (χ1n) is 8.71. The van der Waals surface area contributed by atoms with E-state index < -0.39 is 0 Å². The Morgan fingerprint density at radius 1 is 1.04 bits per heavy atom. The monoisotopic (exact) mass is 337 g/mol. The maximum atomic E-state index is 12.4. The number of nitrogens with one attached hydrogen (secondary N) is 1. The van der Waals surface area contributed by atoms with Crippen molar-refractivity contribution in [1.82, 2.24) is 15.2 Å². The molecule has 25 heavy (non-hydrogen) atoms. The fourth-order valence-corrected chi connectivity index (χ4v) is 3.10. The number of carbonyl (C=O) groups excluding carboxylic acids is 2. The van der Waals surface area contributed by atoms with Crippen LogP contribution in [0, 0.1) is 5.92 Å². The fourth-order valence-electron chi connectivity index (χ4n) is 3.10. The van der Waals surface area contributed by atoms with E-state index in [9.17, 15) is 9.59 Å². The summed E-state index contributed by atoms with van der Waals surface area (Å²) < 4.78 is 0. The zero-order valence-corrected chi connectivity index (χ0v) is 14.2. The number of pyridine rings is 1. The number of rotatable bonds is 5. The molecule has 0 unspecified atom stereocenters. The Morgan fingerprint density at radius 2 is 1.76 bits per heavy atom. The molecule has 0 aliphatic carbocycles. The maximum absolute atomic E-state index is 12.4. The molecule has 0 spiro atoms. The van der Waals surface area contributed by atoms with Crippen molar-refractivity contribution < 1.29 is 9.59 Å². The molecule has 3 rings (SSSR count). The van der Waals surface area contributed by atoms with Crippen LogP contribution in [0.3, 0.4) is 0 Å². The summed E-state index contributed by atoms with van der Waals surface area (Å²) in [5.74, 6) is 0.170. The van der Waals surface area contributed by atoms with Crippen molar-refractivity contribution in [1.29, 1.82) is 0 Å².